The number of carbonyl (C=O) groups is 1. The number of nitrogens with zero attached hydrogens (tertiary/aromatic N) is 2. The Hall–Kier alpha value is -1.60. The van der Waals surface area contributed by atoms with Crippen LogP contribution in [0.25, 0.3) is 0 Å². The van der Waals surface area contributed by atoms with Gasteiger partial charge in [0.15, 0.2) is 0 Å². The summed E-state index contributed by atoms with van der Waals surface area (Å²) in [5.74, 6) is -1.04. The van der Waals surface area contributed by atoms with Gasteiger partial charge < -0.3 is 5.11 Å². The number of benzene rings is 1. The second-order valence-corrected chi connectivity index (χ2v) is 5.90. The predicted octanol–water partition coefficient (Wildman–Crippen LogP) is 3.90. The second-order valence-electron chi connectivity index (χ2n) is 5.49. The molecule has 0 saturated carbocycles. The van der Waals surface area contributed by atoms with Crippen LogP contribution in [-0.2, 0) is 0 Å². The largest absolute Gasteiger partial charge is 0.438 e. The van der Waals surface area contributed by atoms with E-state index in [4.69, 9.17) is 11.6 Å². The summed E-state index contributed by atoms with van der Waals surface area (Å²) in [7, 11) is 0. The van der Waals surface area contributed by atoms with Gasteiger partial charge >= 0.3 is 6.18 Å². The van der Waals surface area contributed by atoms with Crippen LogP contribution in [0.2, 0.25) is 5.02 Å². The van der Waals surface area contributed by atoms with Crippen molar-refractivity contribution in [1.82, 2.24) is 5.01 Å². The molecular weight excluding hydrogens is 333 g/mol. The number of hydrogen-bond acceptors (Lipinski definition) is 3. The lowest BCUT2D eigenvalue weighted by Crippen LogP contribution is -2.56. The van der Waals surface area contributed by atoms with E-state index in [0.717, 1.165) is 0 Å². The van der Waals surface area contributed by atoms with E-state index >= 15 is 0 Å². The summed E-state index contributed by atoms with van der Waals surface area (Å²) >= 11 is 5.91. The van der Waals surface area contributed by atoms with Gasteiger partial charge in [-0.15, -0.1) is 0 Å². The Kier molecular flexibility index (Phi) is 4.73. The molecule has 1 amide bonds. The second kappa shape index (κ2) is 6.13. The highest BCUT2D eigenvalue weighted by atomic mass is 35.5. The van der Waals surface area contributed by atoms with Crippen LogP contribution in [0.3, 0.4) is 0 Å². The molecule has 1 heterocycles. The molecule has 0 saturated heterocycles. The third-order valence-corrected chi connectivity index (χ3v) is 4.05. The maximum Gasteiger partial charge on any atom is 0.438 e. The van der Waals surface area contributed by atoms with Crippen molar-refractivity contribution in [3.8, 4) is 0 Å². The standard InChI is InChI=1S/C15H16ClF3N2O2/c1-3-4-11-8-14(23,15(17,18)19)21(20-11)13(22)10-6-5-9(2)12(16)7-10/h5-7,23H,3-4,8H2,1-2H3/t14-/m0/s1. The predicted molar refractivity (Wildman–Crippen MR) is 80.3 cm³/mol. The maximum absolute atomic E-state index is 13.3. The van der Waals surface area contributed by atoms with Crippen LogP contribution in [0.5, 0.6) is 0 Å². The van der Waals surface area contributed by atoms with Crippen molar-refractivity contribution in [2.75, 3.05) is 0 Å². The normalized spacial score (nSPS) is 21.5. The van der Waals surface area contributed by atoms with Crippen molar-refractivity contribution in [3.05, 3.63) is 34.3 Å². The molecule has 2 rings (SSSR count). The first kappa shape index (κ1) is 17.7. The van der Waals surface area contributed by atoms with Crippen molar-refractivity contribution >= 4 is 23.2 Å². The van der Waals surface area contributed by atoms with Gasteiger partial charge in [-0.1, -0.05) is 31.0 Å². The molecule has 0 spiro atoms. The zero-order valence-corrected chi connectivity index (χ0v) is 13.4. The number of hydrazone groups is 1. The van der Waals surface area contributed by atoms with E-state index in [9.17, 15) is 23.1 Å². The quantitative estimate of drug-likeness (QED) is 0.900. The van der Waals surface area contributed by atoms with Crippen molar-refractivity contribution in [3.63, 3.8) is 0 Å². The molecule has 0 aromatic heterocycles. The smallest absolute Gasteiger partial charge is 0.362 e. The topological polar surface area (TPSA) is 52.9 Å². The van der Waals surface area contributed by atoms with Crippen LogP contribution in [0.1, 0.15) is 42.1 Å². The molecule has 0 unspecified atom stereocenters. The van der Waals surface area contributed by atoms with Crippen LogP contribution in [0, 0.1) is 6.92 Å². The van der Waals surface area contributed by atoms with Gasteiger partial charge in [0.05, 0.1) is 0 Å². The third-order valence-electron chi connectivity index (χ3n) is 3.65. The van der Waals surface area contributed by atoms with E-state index in [-0.39, 0.29) is 27.7 Å². The minimum Gasteiger partial charge on any atom is -0.362 e. The van der Waals surface area contributed by atoms with Crippen molar-refractivity contribution < 1.29 is 23.1 Å². The highest BCUT2D eigenvalue weighted by Crippen LogP contribution is 2.41. The highest BCUT2D eigenvalue weighted by molar-refractivity contribution is 6.31. The Morgan fingerprint density at radius 3 is 2.65 bits per heavy atom. The Morgan fingerprint density at radius 2 is 2.13 bits per heavy atom. The number of hydrogen-bond donors (Lipinski definition) is 1. The summed E-state index contributed by atoms with van der Waals surface area (Å²) in [5, 5.41) is 14.2. The number of halogens is 4. The lowest BCUT2D eigenvalue weighted by molar-refractivity contribution is -0.297. The first-order valence-electron chi connectivity index (χ1n) is 7.06. The van der Waals surface area contributed by atoms with E-state index in [1.807, 2.05) is 0 Å². The summed E-state index contributed by atoms with van der Waals surface area (Å²) in [4.78, 5) is 12.4. The summed E-state index contributed by atoms with van der Waals surface area (Å²) in [5.41, 5.74) is -2.57. The molecule has 0 fully saturated rings. The fraction of sp³-hybridized carbons (Fsp3) is 0.467. The fourth-order valence-corrected chi connectivity index (χ4v) is 2.51. The summed E-state index contributed by atoms with van der Waals surface area (Å²) < 4.78 is 39.9. The third kappa shape index (κ3) is 3.21. The van der Waals surface area contributed by atoms with E-state index < -0.39 is 24.2 Å². The Bertz CT molecular complexity index is 661. The van der Waals surface area contributed by atoms with Gasteiger partial charge in [-0.05, 0) is 31.0 Å². The molecular formula is C15H16ClF3N2O2. The van der Waals surface area contributed by atoms with E-state index in [2.05, 4.69) is 5.10 Å². The maximum atomic E-state index is 13.3. The first-order chi connectivity index (χ1) is 10.6. The number of aliphatic hydroxyl groups is 1. The number of aryl methyl sites for hydroxylation is 1. The zero-order valence-electron chi connectivity index (χ0n) is 12.6. The first-order valence-corrected chi connectivity index (χ1v) is 7.44. The zero-order chi connectivity index (χ0) is 17.4. The van der Waals surface area contributed by atoms with Gasteiger partial charge in [0.2, 0.25) is 0 Å². The van der Waals surface area contributed by atoms with Gasteiger partial charge in [0, 0.05) is 22.7 Å². The average Bonchev–Trinajstić information content (AvgIpc) is 2.79. The molecule has 8 heteroatoms. The molecule has 0 aliphatic carbocycles. The summed E-state index contributed by atoms with van der Waals surface area (Å²) in [6, 6.07) is 4.14. The monoisotopic (exact) mass is 348 g/mol. The van der Waals surface area contributed by atoms with Crippen molar-refractivity contribution in [1.29, 1.82) is 0 Å². The summed E-state index contributed by atoms with van der Waals surface area (Å²) in [6.45, 7) is 3.48. The van der Waals surface area contributed by atoms with Gasteiger partial charge in [-0.2, -0.15) is 23.3 Å². The molecule has 23 heavy (non-hydrogen) atoms. The number of alkyl halides is 3. The number of carbonyl (C=O) groups excluding carboxylic acids is 1. The SMILES string of the molecule is CCCC1=NN(C(=O)c2ccc(C)c(Cl)c2)[C@@](O)(C(F)(F)F)C1. The molecule has 126 valence electrons. The highest BCUT2D eigenvalue weighted by Gasteiger charge is 2.63. The van der Waals surface area contributed by atoms with Crippen LogP contribution < -0.4 is 0 Å². The molecule has 1 atom stereocenters. The Balaban J connectivity index is 2.43. The molecule has 1 aliphatic rings. The molecule has 4 nitrogen and oxygen atoms in total. The summed E-state index contributed by atoms with van der Waals surface area (Å²) in [6.07, 6.45) is -4.92. The van der Waals surface area contributed by atoms with E-state index in [1.165, 1.54) is 18.2 Å². The van der Waals surface area contributed by atoms with Gasteiger partial charge in [0.1, 0.15) is 0 Å². The number of rotatable bonds is 3. The van der Waals surface area contributed by atoms with Gasteiger partial charge in [-0.25, -0.2) is 0 Å². The molecule has 1 aliphatic heterocycles. The lowest BCUT2D eigenvalue weighted by Gasteiger charge is -2.32. The van der Waals surface area contributed by atoms with Crippen LogP contribution >= 0.6 is 11.6 Å². The van der Waals surface area contributed by atoms with Crippen LogP contribution in [0.4, 0.5) is 13.2 Å². The molecule has 1 N–H and O–H groups in total. The average molecular weight is 349 g/mol. The van der Waals surface area contributed by atoms with Crippen molar-refractivity contribution in [2.45, 2.75) is 45.0 Å². The minimum atomic E-state index is -5.02. The molecule has 1 aromatic rings. The lowest BCUT2D eigenvalue weighted by atomic mass is 10.0. The van der Waals surface area contributed by atoms with Crippen LogP contribution in [-0.4, -0.2) is 33.6 Å². The molecule has 0 bridgehead atoms. The van der Waals surface area contributed by atoms with E-state index in [0.29, 0.717) is 12.0 Å². The van der Waals surface area contributed by atoms with Crippen LogP contribution in [0.15, 0.2) is 23.3 Å². The Labute approximate surface area is 136 Å². The van der Waals surface area contributed by atoms with Gasteiger partial charge in [-0.3, -0.25) is 4.79 Å². The minimum absolute atomic E-state index is 0.0650. The number of amides is 1. The Morgan fingerprint density at radius 1 is 1.48 bits per heavy atom. The van der Waals surface area contributed by atoms with Gasteiger partial charge in [0.25, 0.3) is 11.6 Å². The fourth-order valence-electron chi connectivity index (χ4n) is 2.33. The van der Waals surface area contributed by atoms with Crippen molar-refractivity contribution in [2.24, 2.45) is 5.10 Å². The molecule has 0 radical (unpaired) electrons. The molecule has 1 aromatic carbocycles. The van der Waals surface area contributed by atoms with E-state index in [1.54, 1.807) is 13.8 Å².